The second-order valence-electron chi connectivity index (χ2n) is 9.82. The van der Waals surface area contributed by atoms with Crippen molar-refractivity contribution in [3.8, 4) is 0 Å². The van der Waals surface area contributed by atoms with Gasteiger partial charge in [0, 0.05) is 65.0 Å². The fourth-order valence-corrected chi connectivity index (χ4v) is 3.98. The highest BCUT2D eigenvalue weighted by molar-refractivity contribution is 6.56. The van der Waals surface area contributed by atoms with Gasteiger partial charge in [-0.1, -0.05) is 6.92 Å². The topological polar surface area (TPSA) is 164 Å². The summed E-state index contributed by atoms with van der Waals surface area (Å²) in [6.07, 6.45) is 0.145. The number of hydrogen-bond donors (Lipinski definition) is 7. The quantitative estimate of drug-likeness (QED) is 0.0660. The average molecular weight is 513 g/mol. The Labute approximate surface area is 207 Å². The zero-order chi connectivity index (χ0) is 26.0. The van der Waals surface area contributed by atoms with Crippen LogP contribution in [-0.2, 0) is 9.47 Å². The van der Waals surface area contributed by atoms with Crippen molar-refractivity contribution in [1.29, 1.82) is 0 Å². The lowest BCUT2D eigenvalue weighted by molar-refractivity contribution is -0.0560. The van der Waals surface area contributed by atoms with Crippen molar-refractivity contribution in [2.45, 2.75) is 64.4 Å². The van der Waals surface area contributed by atoms with Gasteiger partial charge >= 0.3 is 8.80 Å². The molecule has 0 bridgehead atoms. The highest BCUT2D eigenvalue weighted by Gasteiger charge is 2.25. The van der Waals surface area contributed by atoms with Crippen molar-refractivity contribution in [3.63, 3.8) is 0 Å². The zero-order valence-electron chi connectivity index (χ0n) is 21.8. The third-order valence-electron chi connectivity index (χ3n) is 4.95. The third-order valence-corrected chi connectivity index (χ3v) is 5.98. The van der Waals surface area contributed by atoms with E-state index in [-0.39, 0.29) is 24.9 Å². The minimum Gasteiger partial charge on any atom is -0.390 e. The molecule has 0 rings (SSSR count). The standard InChI is InChI=1S/C22H52N4O7Si/c1-5-10-25(17-21(28)19-33-22(2,3)4)12-8-24-9-13-26(11-7-23)16-20(27)18-32-14-6-15-34(29,30)31/h20-21,24,27-31H,5-19,23H2,1-4H3. The molecule has 0 saturated carbocycles. The van der Waals surface area contributed by atoms with Crippen LogP contribution in [-0.4, -0.2) is 140 Å². The molecule has 0 saturated heterocycles. The van der Waals surface area contributed by atoms with E-state index in [2.05, 4.69) is 22.0 Å². The Morgan fingerprint density at radius 3 is 1.97 bits per heavy atom. The molecule has 206 valence electrons. The van der Waals surface area contributed by atoms with Gasteiger partial charge in [-0.25, -0.2) is 0 Å². The second kappa shape index (κ2) is 19.0. The summed E-state index contributed by atoms with van der Waals surface area (Å²) in [5.74, 6) is 0. The molecule has 0 spiro atoms. The Balaban J connectivity index is 4.14. The van der Waals surface area contributed by atoms with Gasteiger partial charge in [0.25, 0.3) is 0 Å². The lowest BCUT2D eigenvalue weighted by atomic mass is 10.2. The van der Waals surface area contributed by atoms with Crippen molar-refractivity contribution in [3.05, 3.63) is 0 Å². The first kappa shape index (κ1) is 33.8. The van der Waals surface area contributed by atoms with Crippen LogP contribution < -0.4 is 11.1 Å². The first-order valence-electron chi connectivity index (χ1n) is 12.5. The number of nitrogens with one attached hydrogen (secondary N) is 1. The second-order valence-corrected chi connectivity index (χ2v) is 11.9. The molecule has 0 heterocycles. The van der Waals surface area contributed by atoms with Crippen LogP contribution in [0.3, 0.4) is 0 Å². The number of ether oxygens (including phenoxy) is 2. The molecule has 0 aromatic rings. The molecule has 0 radical (unpaired) electrons. The summed E-state index contributed by atoms with van der Waals surface area (Å²) < 4.78 is 11.0. The lowest BCUT2D eigenvalue weighted by Gasteiger charge is -2.27. The van der Waals surface area contributed by atoms with E-state index >= 15 is 0 Å². The van der Waals surface area contributed by atoms with Gasteiger partial charge in [0.05, 0.1) is 31.0 Å². The normalized spacial score (nSPS) is 14.8. The number of hydrogen-bond acceptors (Lipinski definition) is 11. The van der Waals surface area contributed by atoms with Crippen LogP contribution >= 0.6 is 0 Å². The van der Waals surface area contributed by atoms with Crippen molar-refractivity contribution in [1.82, 2.24) is 15.1 Å². The summed E-state index contributed by atoms with van der Waals surface area (Å²) in [5, 5.41) is 23.9. The smallest absolute Gasteiger partial charge is 0.390 e. The molecule has 12 heteroatoms. The summed E-state index contributed by atoms with van der Waals surface area (Å²) in [4.78, 5) is 31.2. The molecule has 11 nitrogen and oxygen atoms in total. The Morgan fingerprint density at radius 1 is 0.912 bits per heavy atom. The van der Waals surface area contributed by atoms with Crippen molar-refractivity contribution in [2.75, 3.05) is 78.7 Å². The lowest BCUT2D eigenvalue weighted by Crippen LogP contribution is -2.43. The van der Waals surface area contributed by atoms with Crippen LogP contribution in [0.25, 0.3) is 0 Å². The Kier molecular flexibility index (Phi) is 18.8. The van der Waals surface area contributed by atoms with E-state index in [1.165, 1.54) is 0 Å². The summed E-state index contributed by atoms with van der Waals surface area (Å²) in [6, 6.07) is -0.0760. The van der Waals surface area contributed by atoms with E-state index in [9.17, 15) is 10.2 Å². The average Bonchev–Trinajstić information content (AvgIpc) is 2.70. The van der Waals surface area contributed by atoms with Gasteiger partial charge in [-0.2, -0.15) is 0 Å². The third kappa shape index (κ3) is 22.3. The fraction of sp³-hybridized carbons (Fsp3) is 1.00. The van der Waals surface area contributed by atoms with Gasteiger partial charge in [0.15, 0.2) is 0 Å². The maximum atomic E-state index is 10.3. The van der Waals surface area contributed by atoms with Crippen LogP contribution in [0.1, 0.15) is 40.5 Å². The van der Waals surface area contributed by atoms with Gasteiger partial charge in [0.1, 0.15) is 0 Å². The molecule has 0 aliphatic carbocycles. The molecule has 2 unspecified atom stereocenters. The van der Waals surface area contributed by atoms with E-state index in [4.69, 9.17) is 29.6 Å². The van der Waals surface area contributed by atoms with Gasteiger partial charge in [-0.3, -0.25) is 9.80 Å². The van der Waals surface area contributed by atoms with Crippen LogP contribution in [0.2, 0.25) is 6.04 Å². The molecular weight excluding hydrogens is 460 g/mol. The fourth-order valence-electron chi connectivity index (χ4n) is 3.37. The van der Waals surface area contributed by atoms with E-state index in [1.54, 1.807) is 0 Å². The molecule has 8 N–H and O–H groups in total. The van der Waals surface area contributed by atoms with Crippen LogP contribution in [0.5, 0.6) is 0 Å². The van der Waals surface area contributed by atoms with E-state index in [0.717, 1.165) is 39.1 Å². The molecule has 2 atom stereocenters. The van der Waals surface area contributed by atoms with E-state index in [1.807, 2.05) is 20.8 Å². The summed E-state index contributed by atoms with van der Waals surface area (Å²) in [5.41, 5.74) is 5.44. The maximum Gasteiger partial charge on any atom is 0.492 e. The number of nitrogens with two attached hydrogens (primary N) is 1. The molecule has 0 aliphatic rings. The first-order chi connectivity index (χ1) is 15.9. The van der Waals surface area contributed by atoms with Crippen LogP contribution in [0.4, 0.5) is 0 Å². The van der Waals surface area contributed by atoms with Crippen molar-refractivity contribution >= 4 is 8.80 Å². The number of rotatable bonds is 22. The van der Waals surface area contributed by atoms with Crippen molar-refractivity contribution < 1.29 is 34.1 Å². The molecule has 0 fully saturated rings. The van der Waals surface area contributed by atoms with Gasteiger partial charge < -0.3 is 45.1 Å². The number of aliphatic hydroxyl groups is 2. The molecule has 0 amide bonds. The Bertz CT molecular complexity index is 481. The van der Waals surface area contributed by atoms with Crippen molar-refractivity contribution in [2.24, 2.45) is 5.73 Å². The SMILES string of the molecule is CCCN(CCNCCN(CCN)CC(O)COCCC[Si](O)(O)O)CC(O)COC(C)(C)C. The predicted molar refractivity (Wildman–Crippen MR) is 135 cm³/mol. The minimum absolute atomic E-state index is 0.0760. The highest BCUT2D eigenvalue weighted by Crippen LogP contribution is 2.08. The summed E-state index contributed by atoms with van der Waals surface area (Å²) in [7, 11) is -4.02. The molecule has 0 aliphatic heterocycles. The number of nitrogens with zero attached hydrogens (tertiary/aromatic N) is 2. The molecule has 34 heavy (non-hydrogen) atoms. The summed E-state index contributed by atoms with van der Waals surface area (Å²) in [6.45, 7) is 14.9. The maximum absolute atomic E-state index is 10.3. The number of aliphatic hydroxyl groups excluding tert-OH is 2. The Hall–Kier alpha value is -0.223. The highest BCUT2D eigenvalue weighted by atomic mass is 28.4. The van der Waals surface area contributed by atoms with Crippen LogP contribution in [0.15, 0.2) is 0 Å². The van der Waals surface area contributed by atoms with Gasteiger partial charge in [-0.05, 0) is 40.2 Å². The zero-order valence-corrected chi connectivity index (χ0v) is 22.8. The van der Waals surface area contributed by atoms with Crippen LogP contribution in [0, 0.1) is 0 Å². The molecular formula is C22H52N4O7Si. The molecule has 0 aromatic carbocycles. The van der Waals surface area contributed by atoms with E-state index in [0.29, 0.717) is 39.2 Å². The van der Waals surface area contributed by atoms with Gasteiger partial charge in [0.2, 0.25) is 0 Å². The monoisotopic (exact) mass is 512 g/mol. The predicted octanol–water partition coefficient (Wildman–Crippen LogP) is -1.59. The van der Waals surface area contributed by atoms with Gasteiger partial charge in [-0.15, -0.1) is 0 Å². The first-order valence-corrected chi connectivity index (χ1v) is 14.5. The Morgan fingerprint density at radius 2 is 1.47 bits per heavy atom. The minimum atomic E-state index is -4.02. The van der Waals surface area contributed by atoms with E-state index < -0.39 is 21.0 Å². The molecule has 0 aromatic heterocycles. The largest absolute Gasteiger partial charge is 0.492 e. The summed E-state index contributed by atoms with van der Waals surface area (Å²) >= 11 is 0.